The maximum atomic E-state index is 12.9. The van der Waals surface area contributed by atoms with Gasteiger partial charge in [-0.15, -0.1) is 0 Å². The lowest BCUT2D eigenvalue weighted by molar-refractivity contribution is -0.221. The van der Waals surface area contributed by atoms with E-state index in [1.54, 1.807) is 32.7 Å². The number of thioether (sulfide) groups is 1. The summed E-state index contributed by atoms with van der Waals surface area (Å²) in [7, 11) is 1.64. The molecule has 0 radical (unpaired) electrons. The lowest BCUT2D eigenvalue weighted by atomic mass is 9.81. The average Bonchev–Trinajstić information content (AvgIpc) is 3.04. The number of esters is 1. The molecule has 0 aromatic heterocycles. The van der Waals surface area contributed by atoms with Gasteiger partial charge in [-0.25, -0.2) is 4.79 Å². The van der Waals surface area contributed by atoms with E-state index in [2.05, 4.69) is 24.3 Å². The van der Waals surface area contributed by atoms with Gasteiger partial charge in [-0.1, -0.05) is 30.3 Å². The molecule has 1 saturated heterocycles. The molecule has 8 nitrogen and oxygen atoms in total. The summed E-state index contributed by atoms with van der Waals surface area (Å²) in [6.07, 6.45) is 4.93. The van der Waals surface area contributed by atoms with Crippen LogP contribution in [0.25, 0.3) is 0 Å². The van der Waals surface area contributed by atoms with Crippen LogP contribution in [-0.4, -0.2) is 81.4 Å². The van der Waals surface area contributed by atoms with Crippen LogP contribution in [0.3, 0.4) is 0 Å². The second kappa shape index (κ2) is 13.7. The van der Waals surface area contributed by atoms with Crippen molar-refractivity contribution >= 4 is 29.7 Å². The van der Waals surface area contributed by atoms with Gasteiger partial charge in [-0.3, -0.25) is 14.5 Å². The second-order valence-corrected chi connectivity index (χ2v) is 13.8. The van der Waals surface area contributed by atoms with E-state index >= 15 is 0 Å². The number of hydrogen-bond acceptors (Lipinski definition) is 7. The van der Waals surface area contributed by atoms with E-state index in [1.807, 2.05) is 26.8 Å². The minimum atomic E-state index is -1.05. The average molecular weight is 577 g/mol. The number of aliphatic hydroxyl groups is 1. The monoisotopic (exact) mass is 576 g/mol. The van der Waals surface area contributed by atoms with Crippen molar-refractivity contribution in [3.05, 3.63) is 35.9 Å². The van der Waals surface area contributed by atoms with E-state index in [-0.39, 0.29) is 30.4 Å². The molecule has 0 bridgehead atoms. The maximum absolute atomic E-state index is 12.9. The SMILES string of the molecule is CN1C(=O)N(CCCC(CSCCCOC2(O)CCC(c3ccccc3)CC2)C(=O)OC(C)(C)C)C(=O)C1(C)C. The number of amides is 3. The Hall–Kier alpha value is -2.10. The summed E-state index contributed by atoms with van der Waals surface area (Å²) in [5.41, 5.74) is -0.111. The van der Waals surface area contributed by atoms with Gasteiger partial charge < -0.3 is 19.5 Å². The first-order valence-corrected chi connectivity index (χ1v) is 15.7. The maximum Gasteiger partial charge on any atom is 0.327 e. The standard InChI is InChI=1S/C31H48N2O6S/c1-29(2,3)39-26(34)25(14-10-19-33-27(35)30(4,5)32(6)28(33)36)22-40-21-11-20-38-31(37)17-15-24(16-18-31)23-12-8-7-9-13-23/h7-9,12-13,24-25,37H,10-11,14-22H2,1-6H3. The number of rotatable bonds is 13. The molecule has 1 aromatic rings. The van der Waals surface area contributed by atoms with Gasteiger partial charge in [0.15, 0.2) is 5.79 Å². The molecule has 1 heterocycles. The fourth-order valence-corrected chi connectivity index (χ4v) is 6.32. The Morgan fingerprint density at radius 1 is 1.12 bits per heavy atom. The number of carbonyl (C=O) groups excluding carboxylic acids is 3. The second-order valence-electron chi connectivity index (χ2n) is 12.6. The number of likely N-dealkylation sites (N-methyl/N-ethyl adjacent to an activating group) is 1. The molecule has 1 aromatic carbocycles. The Kier molecular flexibility index (Phi) is 11.1. The van der Waals surface area contributed by atoms with Crippen molar-refractivity contribution in [2.24, 2.45) is 5.92 Å². The Morgan fingerprint density at radius 3 is 2.35 bits per heavy atom. The van der Waals surface area contributed by atoms with E-state index in [0.717, 1.165) is 25.0 Å². The zero-order chi connectivity index (χ0) is 29.6. The number of urea groups is 1. The third-order valence-corrected chi connectivity index (χ3v) is 9.18. The summed E-state index contributed by atoms with van der Waals surface area (Å²) < 4.78 is 11.6. The number of nitrogens with zero attached hydrogens (tertiary/aromatic N) is 2. The Balaban J connectivity index is 1.40. The van der Waals surface area contributed by atoms with Crippen molar-refractivity contribution in [1.82, 2.24) is 9.80 Å². The van der Waals surface area contributed by atoms with Crippen LogP contribution in [-0.2, 0) is 19.1 Å². The first-order chi connectivity index (χ1) is 18.7. The first-order valence-electron chi connectivity index (χ1n) is 14.6. The fraction of sp³-hybridized carbons (Fsp3) is 0.710. The molecule has 2 aliphatic rings. The van der Waals surface area contributed by atoms with Gasteiger partial charge in [0.05, 0.1) is 12.5 Å². The van der Waals surface area contributed by atoms with E-state index in [4.69, 9.17) is 9.47 Å². The molecule has 224 valence electrons. The molecular formula is C31H48N2O6S. The van der Waals surface area contributed by atoms with E-state index < -0.39 is 16.9 Å². The number of carbonyl (C=O) groups is 3. The van der Waals surface area contributed by atoms with Crippen molar-refractivity contribution in [2.45, 2.75) is 102 Å². The minimum absolute atomic E-state index is 0.210. The van der Waals surface area contributed by atoms with Crippen LogP contribution < -0.4 is 0 Å². The van der Waals surface area contributed by atoms with E-state index in [9.17, 15) is 19.5 Å². The van der Waals surface area contributed by atoms with Crippen LogP contribution in [0.2, 0.25) is 0 Å². The summed E-state index contributed by atoms with van der Waals surface area (Å²) >= 11 is 1.66. The Labute approximate surface area is 244 Å². The predicted molar refractivity (Wildman–Crippen MR) is 158 cm³/mol. The highest BCUT2D eigenvalue weighted by Gasteiger charge is 2.48. The van der Waals surface area contributed by atoms with Crippen molar-refractivity contribution in [1.29, 1.82) is 0 Å². The lowest BCUT2D eigenvalue weighted by Gasteiger charge is -2.36. The van der Waals surface area contributed by atoms with Crippen LogP contribution in [0.4, 0.5) is 4.79 Å². The summed E-state index contributed by atoms with van der Waals surface area (Å²) in [4.78, 5) is 40.9. The molecule has 40 heavy (non-hydrogen) atoms. The summed E-state index contributed by atoms with van der Waals surface area (Å²) in [6.45, 7) is 9.79. The summed E-state index contributed by atoms with van der Waals surface area (Å²) in [5.74, 6) is 0.00790. The normalized spacial score (nSPS) is 23.9. The molecule has 3 amide bonds. The molecule has 9 heteroatoms. The van der Waals surface area contributed by atoms with Crippen LogP contribution in [0.5, 0.6) is 0 Å². The molecule has 1 unspecified atom stereocenters. The smallest absolute Gasteiger partial charge is 0.327 e. The van der Waals surface area contributed by atoms with Gasteiger partial charge in [0, 0.05) is 32.2 Å². The van der Waals surface area contributed by atoms with Crippen molar-refractivity contribution in [3.63, 3.8) is 0 Å². The highest BCUT2D eigenvalue weighted by Crippen LogP contribution is 2.38. The molecule has 1 aliphatic heterocycles. The Bertz CT molecular complexity index is 1000. The largest absolute Gasteiger partial charge is 0.460 e. The van der Waals surface area contributed by atoms with Crippen molar-refractivity contribution in [2.75, 3.05) is 31.7 Å². The van der Waals surface area contributed by atoms with Gasteiger partial charge in [0.1, 0.15) is 11.1 Å². The van der Waals surface area contributed by atoms with Gasteiger partial charge >= 0.3 is 12.0 Å². The summed E-state index contributed by atoms with van der Waals surface area (Å²) in [5, 5.41) is 10.9. The highest BCUT2D eigenvalue weighted by atomic mass is 32.2. The van der Waals surface area contributed by atoms with Crippen LogP contribution >= 0.6 is 11.8 Å². The quantitative estimate of drug-likeness (QED) is 0.142. The summed E-state index contributed by atoms with van der Waals surface area (Å²) in [6, 6.07) is 10.2. The number of hydrogen-bond donors (Lipinski definition) is 1. The molecule has 1 atom stereocenters. The topological polar surface area (TPSA) is 96.4 Å². The first kappa shape index (κ1) is 32.4. The third-order valence-electron chi connectivity index (χ3n) is 7.96. The minimum Gasteiger partial charge on any atom is -0.460 e. The molecule has 3 rings (SSSR count). The zero-order valence-electron chi connectivity index (χ0n) is 25.1. The van der Waals surface area contributed by atoms with Gasteiger partial charge in [0.25, 0.3) is 5.91 Å². The Morgan fingerprint density at radius 2 is 1.77 bits per heavy atom. The van der Waals surface area contributed by atoms with E-state index in [1.165, 1.54) is 15.4 Å². The highest BCUT2D eigenvalue weighted by molar-refractivity contribution is 7.99. The third kappa shape index (κ3) is 8.70. The molecule has 1 N–H and O–H groups in total. The number of imide groups is 1. The van der Waals surface area contributed by atoms with E-state index in [0.29, 0.717) is 44.0 Å². The fourth-order valence-electron chi connectivity index (χ4n) is 5.25. The van der Waals surface area contributed by atoms with Gasteiger partial charge in [0.2, 0.25) is 0 Å². The van der Waals surface area contributed by atoms with Crippen LogP contribution in [0.15, 0.2) is 30.3 Å². The predicted octanol–water partition coefficient (Wildman–Crippen LogP) is 5.58. The molecule has 1 saturated carbocycles. The van der Waals surface area contributed by atoms with Gasteiger partial charge in [-0.05, 0) is 84.0 Å². The molecule has 2 fully saturated rings. The number of ether oxygens (including phenoxy) is 2. The van der Waals surface area contributed by atoms with Gasteiger partial charge in [-0.2, -0.15) is 11.8 Å². The molecular weight excluding hydrogens is 528 g/mol. The van der Waals surface area contributed by atoms with Crippen LogP contribution in [0.1, 0.15) is 91.0 Å². The molecule has 1 aliphatic carbocycles. The molecule has 0 spiro atoms. The van der Waals surface area contributed by atoms with Crippen LogP contribution in [0, 0.1) is 5.92 Å². The lowest BCUT2D eigenvalue weighted by Crippen LogP contribution is -2.41. The van der Waals surface area contributed by atoms with Crippen molar-refractivity contribution in [3.8, 4) is 0 Å². The zero-order valence-corrected chi connectivity index (χ0v) is 25.9. The number of benzene rings is 1. The van der Waals surface area contributed by atoms with Crippen molar-refractivity contribution < 1.29 is 29.0 Å².